The lowest BCUT2D eigenvalue weighted by atomic mass is 10.0. The van der Waals surface area contributed by atoms with Gasteiger partial charge >= 0.3 is 0 Å². The number of nitrogens with one attached hydrogen (secondary N) is 1. The second-order valence-electron chi connectivity index (χ2n) is 6.80. The van der Waals surface area contributed by atoms with E-state index in [-0.39, 0.29) is 10.6 Å². The Kier molecular flexibility index (Phi) is 4.93. The first-order chi connectivity index (χ1) is 13.2. The molecule has 0 amide bonds. The Hall–Kier alpha value is -3.06. The number of fused-ring (bicyclic) bond motifs is 1. The zero-order chi connectivity index (χ0) is 18.6. The molecule has 1 fully saturated rings. The molecule has 1 N–H and O–H groups in total. The Morgan fingerprint density at radius 3 is 2.63 bits per heavy atom. The summed E-state index contributed by atoms with van der Waals surface area (Å²) in [6, 6.07) is 13.1. The summed E-state index contributed by atoms with van der Waals surface area (Å²) in [4.78, 5) is 22.1. The molecule has 0 bridgehead atoms. The second kappa shape index (κ2) is 7.67. The third-order valence-corrected chi connectivity index (χ3v) is 5.00. The van der Waals surface area contributed by atoms with Crippen LogP contribution in [0.2, 0.25) is 0 Å². The van der Waals surface area contributed by atoms with Gasteiger partial charge in [-0.25, -0.2) is 0 Å². The quantitative estimate of drug-likeness (QED) is 0.551. The van der Waals surface area contributed by atoms with Crippen LogP contribution in [0.25, 0.3) is 10.9 Å². The van der Waals surface area contributed by atoms with Crippen molar-refractivity contribution in [1.82, 2.24) is 14.9 Å². The minimum absolute atomic E-state index is 0.0915. The van der Waals surface area contributed by atoms with Gasteiger partial charge in [-0.15, -0.1) is 0 Å². The molecule has 4 rings (SSSR count). The van der Waals surface area contributed by atoms with Gasteiger partial charge in [0.2, 0.25) is 0 Å². The molecule has 1 aliphatic rings. The molecular weight excluding hydrogens is 342 g/mol. The first-order valence-corrected chi connectivity index (χ1v) is 9.11. The number of hydrogen-bond acceptors (Lipinski definition) is 6. The number of pyridine rings is 2. The highest BCUT2D eigenvalue weighted by Gasteiger charge is 2.21. The molecule has 138 valence electrons. The highest BCUT2D eigenvalue weighted by molar-refractivity contribution is 5.96. The molecule has 0 unspecified atom stereocenters. The van der Waals surface area contributed by atoms with Crippen molar-refractivity contribution in [3.8, 4) is 0 Å². The van der Waals surface area contributed by atoms with Crippen LogP contribution < -0.4 is 5.32 Å². The van der Waals surface area contributed by atoms with Crippen LogP contribution in [-0.2, 0) is 6.54 Å². The van der Waals surface area contributed by atoms with Crippen LogP contribution in [0.1, 0.15) is 18.5 Å². The van der Waals surface area contributed by atoms with Crippen LogP contribution in [0.5, 0.6) is 0 Å². The topological polar surface area (TPSA) is 84.2 Å². The summed E-state index contributed by atoms with van der Waals surface area (Å²) in [7, 11) is 0. The summed E-state index contributed by atoms with van der Waals surface area (Å²) in [5.74, 6) is 0. The number of nitrogens with zero attached hydrogens (tertiary/aromatic N) is 4. The van der Waals surface area contributed by atoms with Gasteiger partial charge in [-0.05, 0) is 43.2 Å². The lowest BCUT2D eigenvalue weighted by Gasteiger charge is -2.32. The summed E-state index contributed by atoms with van der Waals surface area (Å²) in [5.41, 5.74) is 2.70. The fourth-order valence-corrected chi connectivity index (χ4v) is 3.61. The van der Waals surface area contributed by atoms with Crippen molar-refractivity contribution in [2.24, 2.45) is 0 Å². The lowest BCUT2D eigenvalue weighted by Crippen LogP contribution is -2.38. The van der Waals surface area contributed by atoms with Crippen LogP contribution in [0.3, 0.4) is 0 Å². The minimum atomic E-state index is -0.357. The Morgan fingerprint density at radius 1 is 1.07 bits per heavy atom. The molecule has 0 saturated carbocycles. The summed E-state index contributed by atoms with van der Waals surface area (Å²) in [6.07, 6.45) is 5.53. The van der Waals surface area contributed by atoms with Crippen LogP contribution in [0, 0.1) is 10.1 Å². The minimum Gasteiger partial charge on any atom is -0.380 e. The standard InChI is InChI=1S/C20H21N5O2/c26-25(27)19-7-6-18(20-17(19)5-3-11-22-20)23-15-8-12-24(13-9-15)14-16-4-1-2-10-21-16/h1-7,10-11,15,23H,8-9,12-14H2. The predicted molar refractivity (Wildman–Crippen MR) is 105 cm³/mol. The van der Waals surface area contributed by atoms with Gasteiger partial charge in [-0.1, -0.05) is 6.07 Å². The molecule has 1 saturated heterocycles. The van der Waals surface area contributed by atoms with E-state index < -0.39 is 0 Å². The SMILES string of the molecule is O=[N+]([O-])c1ccc(NC2CCN(Cc3ccccn3)CC2)c2ncccc12. The molecule has 7 heteroatoms. The fourth-order valence-electron chi connectivity index (χ4n) is 3.61. The number of hydrogen-bond donors (Lipinski definition) is 1. The lowest BCUT2D eigenvalue weighted by molar-refractivity contribution is -0.383. The van der Waals surface area contributed by atoms with Crippen LogP contribution in [0.15, 0.2) is 54.9 Å². The number of benzene rings is 1. The number of nitro benzene ring substituents is 1. The zero-order valence-corrected chi connectivity index (χ0v) is 14.9. The van der Waals surface area contributed by atoms with E-state index >= 15 is 0 Å². The average Bonchev–Trinajstić information content (AvgIpc) is 2.70. The molecule has 27 heavy (non-hydrogen) atoms. The third-order valence-electron chi connectivity index (χ3n) is 5.00. The monoisotopic (exact) mass is 363 g/mol. The van der Waals surface area contributed by atoms with E-state index in [1.807, 2.05) is 18.3 Å². The normalized spacial score (nSPS) is 15.7. The van der Waals surface area contributed by atoms with Gasteiger partial charge in [0.05, 0.1) is 21.7 Å². The van der Waals surface area contributed by atoms with Crippen molar-refractivity contribution in [2.45, 2.75) is 25.4 Å². The predicted octanol–water partition coefficient (Wildman–Crippen LogP) is 3.61. The van der Waals surface area contributed by atoms with Crippen molar-refractivity contribution in [1.29, 1.82) is 0 Å². The molecule has 7 nitrogen and oxygen atoms in total. The van der Waals surface area contributed by atoms with Crippen molar-refractivity contribution >= 4 is 22.3 Å². The van der Waals surface area contributed by atoms with Crippen molar-refractivity contribution in [3.63, 3.8) is 0 Å². The second-order valence-corrected chi connectivity index (χ2v) is 6.80. The van der Waals surface area contributed by atoms with Gasteiger partial charge in [-0.3, -0.25) is 25.0 Å². The Balaban J connectivity index is 1.44. The molecule has 3 aromatic rings. The molecule has 0 spiro atoms. The Morgan fingerprint density at radius 2 is 1.89 bits per heavy atom. The molecule has 3 heterocycles. The first kappa shape index (κ1) is 17.4. The summed E-state index contributed by atoms with van der Waals surface area (Å²) >= 11 is 0. The molecule has 0 atom stereocenters. The van der Waals surface area contributed by atoms with Crippen molar-refractivity contribution < 1.29 is 4.92 Å². The number of rotatable bonds is 5. The fraction of sp³-hybridized carbons (Fsp3) is 0.300. The van der Waals surface area contributed by atoms with Crippen molar-refractivity contribution in [3.05, 3.63) is 70.7 Å². The zero-order valence-electron chi connectivity index (χ0n) is 14.9. The number of nitro groups is 1. The van der Waals surface area contributed by atoms with E-state index in [2.05, 4.69) is 26.3 Å². The van der Waals surface area contributed by atoms with Crippen molar-refractivity contribution in [2.75, 3.05) is 18.4 Å². The Bertz CT molecular complexity index is 940. The van der Waals surface area contributed by atoms with Crippen LogP contribution >= 0.6 is 0 Å². The molecule has 0 aliphatic carbocycles. The van der Waals surface area contributed by atoms with Gasteiger partial charge in [0.25, 0.3) is 5.69 Å². The average molecular weight is 363 g/mol. The summed E-state index contributed by atoms with van der Waals surface area (Å²) in [5, 5.41) is 15.4. The molecule has 0 radical (unpaired) electrons. The number of non-ortho nitro benzene ring substituents is 1. The van der Waals surface area contributed by atoms with E-state index in [1.54, 1.807) is 30.5 Å². The first-order valence-electron chi connectivity index (χ1n) is 9.11. The smallest absolute Gasteiger partial charge is 0.278 e. The number of piperidine rings is 1. The van der Waals surface area contributed by atoms with Crippen LogP contribution in [0.4, 0.5) is 11.4 Å². The number of aromatic nitrogens is 2. The largest absolute Gasteiger partial charge is 0.380 e. The molecule has 1 aliphatic heterocycles. The maximum atomic E-state index is 11.2. The van der Waals surface area contributed by atoms with Gasteiger partial charge in [0.1, 0.15) is 5.52 Å². The van der Waals surface area contributed by atoms with Gasteiger partial charge in [0.15, 0.2) is 0 Å². The molecular formula is C20H21N5O2. The van der Waals surface area contributed by atoms with Gasteiger partial charge in [-0.2, -0.15) is 0 Å². The Labute approximate surface area is 157 Å². The van der Waals surface area contributed by atoms with Gasteiger partial charge in [0, 0.05) is 44.1 Å². The van der Waals surface area contributed by atoms with E-state index in [1.165, 1.54) is 0 Å². The molecule has 1 aromatic carbocycles. The van der Waals surface area contributed by atoms with E-state index in [9.17, 15) is 10.1 Å². The third kappa shape index (κ3) is 3.88. The number of anilines is 1. The highest BCUT2D eigenvalue weighted by atomic mass is 16.6. The van der Waals surface area contributed by atoms with Gasteiger partial charge < -0.3 is 5.32 Å². The highest BCUT2D eigenvalue weighted by Crippen LogP contribution is 2.31. The number of likely N-dealkylation sites (tertiary alicyclic amines) is 1. The van der Waals surface area contributed by atoms with E-state index in [0.29, 0.717) is 16.9 Å². The summed E-state index contributed by atoms with van der Waals surface area (Å²) < 4.78 is 0. The molecule has 2 aromatic heterocycles. The summed E-state index contributed by atoms with van der Waals surface area (Å²) in [6.45, 7) is 2.86. The van der Waals surface area contributed by atoms with Crippen LogP contribution in [-0.4, -0.2) is 38.9 Å². The maximum absolute atomic E-state index is 11.2. The van der Waals surface area contributed by atoms with E-state index in [4.69, 9.17) is 0 Å². The maximum Gasteiger partial charge on any atom is 0.278 e. The van der Waals surface area contributed by atoms with E-state index in [0.717, 1.165) is 43.9 Å².